The Labute approximate surface area is 114 Å². The molecule has 6 heteroatoms. The van der Waals surface area contributed by atoms with Gasteiger partial charge in [0.15, 0.2) is 0 Å². The summed E-state index contributed by atoms with van der Waals surface area (Å²) >= 11 is 0. The lowest BCUT2D eigenvalue weighted by Crippen LogP contribution is -2.28. The van der Waals surface area contributed by atoms with Gasteiger partial charge in [-0.25, -0.2) is 13.1 Å². The van der Waals surface area contributed by atoms with Gasteiger partial charge in [-0.05, 0) is 30.2 Å². The molecule has 0 aliphatic carbocycles. The third-order valence-corrected chi connectivity index (χ3v) is 5.08. The van der Waals surface area contributed by atoms with Gasteiger partial charge in [-0.1, -0.05) is 13.8 Å². The molecule has 1 fully saturated rings. The van der Waals surface area contributed by atoms with Crippen LogP contribution in [0, 0.1) is 5.92 Å². The molecule has 19 heavy (non-hydrogen) atoms. The van der Waals surface area contributed by atoms with Gasteiger partial charge in [-0.2, -0.15) is 0 Å². The average Bonchev–Trinajstić information content (AvgIpc) is 2.70. The van der Waals surface area contributed by atoms with E-state index in [1.165, 1.54) is 0 Å². The molecule has 1 aliphatic rings. The van der Waals surface area contributed by atoms with E-state index in [1.54, 1.807) is 19.1 Å². The molecule has 0 spiro atoms. The molecule has 2 unspecified atom stereocenters. The van der Waals surface area contributed by atoms with Crippen molar-refractivity contribution >= 4 is 15.7 Å². The van der Waals surface area contributed by atoms with Crippen LogP contribution in [0.4, 0.5) is 5.69 Å². The molecule has 5 nitrogen and oxygen atoms in total. The van der Waals surface area contributed by atoms with Crippen LogP contribution in [0.5, 0.6) is 0 Å². The second-order valence-electron chi connectivity index (χ2n) is 5.04. The van der Waals surface area contributed by atoms with Gasteiger partial charge in [0.2, 0.25) is 10.0 Å². The smallest absolute Gasteiger partial charge is 0.240 e. The predicted molar refractivity (Wildman–Crippen MR) is 76.7 cm³/mol. The Kier molecular flexibility index (Phi) is 4.13. The van der Waals surface area contributed by atoms with Gasteiger partial charge < -0.3 is 10.6 Å². The first-order chi connectivity index (χ1) is 8.94. The lowest BCUT2D eigenvalue weighted by Gasteiger charge is -2.18. The molecule has 106 valence electrons. The van der Waals surface area contributed by atoms with Crippen LogP contribution in [0.25, 0.3) is 0 Å². The first-order valence-electron chi connectivity index (χ1n) is 6.54. The fourth-order valence-corrected chi connectivity index (χ4v) is 3.35. The molecule has 0 saturated carbocycles. The van der Waals surface area contributed by atoms with Crippen molar-refractivity contribution in [3.63, 3.8) is 0 Å². The predicted octanol–water partition coefficient (Wildman–Crippen LogP) is 0.768. The first-order valence-corrected chi connectivity index (χ1v) is 8.02. The monoisotopic (exact) mass is 283 g/mol. The number of nitrogens with two attached hydrogens (primary N) is 1. The van der Waals surface area contributed by atoms with Crippen molar-refractivity contribution in [1.82, 2.24) is 4.72 Å². The summed E-state index contributed by atoms with van der Waals surface area (Å²) in [5, 5.41) is 0. The number of anilines is 1. The largest absolute Gasteiger partial charge is 0.370 e. The zero-order chi connectivity index (χ0) is 14.0. The molecule has 1 aromatic rings. The summed E-state index contributed by atoms with van der Waals surface area (Å²) < 4.78 is 26.1. The Morgan fingerprint density at radius 3 is 2.42 bits per heavy atom. The van der Waals surface area contributed by atoms with E-state index >= 15 is 0 Å². The van der Waals surface area contributed by atoms with Crippen LogP contribution in [0.1, 0.15) is 13.8 Å². The summed E-state index contributed by atoms with van der Waals surface area (Å²) in [7, 11) is -3.37. The minimum atomic E-state index is -3.37. The molecule has 2 atom stereocenters. The van der Waals surface area contributed by atoms with Crippen LogP contribution in [0.15, 0.2) is 29.2 Å². The molecular formula is C13H21N3O2S. The standard InChI is InChI=1S/C13H21N3O2S/c1-3-15-19(17,18)12-6-4-11(5-7-12)16-8-10(2)13(14)9-16/h4-7,10,13,15H,3,8-9,14H2,1-2H3. The van der Waals surface area contributed by atoms with E-state index in [0.717, 1.165) is 18.8 Å². The average molecular weight is 283 g/mol. The Morgan fingerprint density at radius 1 is 1.32 bits per heavy atom. The van der Waals surface area contributed by atoms with Crippen molar-refractivity contribution in [2.45, 2.75) is 24.8 Å². The SMILES string of the molecule is CCNS(=O)(=O)c1ccc(N2CC(C)C(N)C2)cc1. The maximum absolute atomic E-state index is 11.8. The summed E-state index contributed by atoms with van der Waals surface area (Å²) in [6.45, 7) is 6.02. The number of nitrogens with zero attached hydrogens (tertiary/aromatic N) is 1. The molecular weight excluding hydrogens is 262 g/mol. The molecule has 0 aromatic heterocycles. The van der Waals surface area contributed by atoms with Crippen LogP contribution in [0.2, 0.25) is 0 Å². The van der Waals surface area contributed by atoms with E-state index in [9.17, 15) is 8.42 Å². The Hall–Kier alpha value is -1.11. The molecule has 0 radical (unpaired) electrons. The van der Waals surface area contributed by atoms with Crippen LogP contribution < -0.4 is 15.4 Å². The highest BCUT2D eigenvalue weighted by atomic mass is 32.2. The fourth-order valence-electron chi connectivity index (χ4n) is 2.31. The number of nitrogens with one attached hydrogen (secondary N) is 1. The summed E-state index contributed by atoms with van der Waals surface area (Å²) in [5.74, 6) is 0.463. The van der Waals surface area contributed by atoms with Gasteiger partial charge in [0.05, 0.1) is 4.90 Å². The summed E-state index contributed by atoms with van der Waals surface area (Å²) in [5.41, 5.74) is 7.02. The molecule has 1 aromatic carbocycles. The second kappa shape index (κ2) is 5.48. The van der Waals surface area contributed by atoms with Gasteiger partial charge >= 0.3 is 0 Å². The minimum absolute atomic E-state index is 0.185. The van der Waals surface area contributed by atoms with Crippen LogP contribution in [0.3, 0.4) is 0 Å². The highest BCUT2D eigenvalue weighted by Crippen LogP contribution is 2.24. The third-order valence-electron chi connectivity index (χ3n) is 3.52. The van der Waals surface area contributed by atoms with Gasteiger partial charge in [-0.15, -0.1) is 0 Å². The Balaban J connectivity index is 2.16. The maximum atomic E-state index is 11.8. The van der Waals surface area contributed by atoms with Gasteiger partial charge in [-0.3, -0.25) is 0 Å². The number of hydrogen-bond donors (Lipinski definition) is 2. The maximum Gasteiger partial charge on any atom is 0.240 e. The molecule has 3 N–H and O–H groups in total. The van der Waals surface area contributed by atoms with Crippen molar-refractivity contribution < 1.29 is 8.42 Å². The van der Waals surface area contributed by atoms with E-state index < -0.39 is 10.0 Å². The van der Waals surface area contributed by atoms with Gasteiger partial charge in [0, 0.05) is 31.4 Å². The van der Waals surface area contributed by atoms with E-state index in [4.69, 9.17) is 5.73 Å². The number of hydrogen-bond acceptors (Lipinski definition) is 4. The lowest BCUT2D eigenvalue weighted by atomic mass is 10.1. The van der Waals surface area contributed by atoms with E-state index in [2.05, 4.69) is 16.5 Å². The number of sulfonamides is 1. The van der Waals surface area contributed by atoms with E-state index in [0.29, 0.717) is 17.4 Å². The topological polar surface area (TPSA) is 75.4 Å². The number of rotatable bonds is 4. The van der Waals surface area contributed by atoms with Crippen LogP contribution in [-0.4, -0.2) is 34.1 Å². The van der Waals surface area contributed by atoms with Crippen molar-refractivity contribution in [2.24, 2.45) is 11.7 Å². The molecule has 1 aliphatic heterocycles. The highest BCUT2D eigenvalue weighted by Gasteiger charge is 2.26. The Morgan fingerprint density at radius 2 is 1.95 bits per heavy atom. The summed E-state index contributed by atoms with van der Waals surface area (Å²) in [6, 6.07) is 7.15. The summed E-state index contributed by atoms with van der Waals surface area (Å²) in [4.78, 5) is 2.49. The van der Waals surface area contributed by atoms with E-state index in [-0.39, 0.29) is 6.04 Å². The second-order valence-corrected chi connectivity index (χ2v) is 6.81. The lowest BCUT2D eigenvalue weighted by molar-refractivity contribution is 0.566. The molecule has 0 bridgehead atoms. The number of benzene rings is 1. The zero-order valence-corrected chi connectivity index (χ0v) is 12.2. The first kappa shape index (κ1) is 14.3. The fraction of sp³-hybridized carbons (Fsp3) is 0.538. The third kappa shape index (κ3) is 3.08. The van der Waals surface area contributed by atoms with Crippen molar-refractivity contribution in [2.75, 3.05) is 24.5 Å². The quantitative estimate of drug-likeness (QED) is 0.856. The highest BCUT2D eigenvalue weighted by molar-refractivity contribution is 7.89. The summed E-state index contributed by atoms with van der Waals surface area (Å²) in [6.07, 6.45) is 0. The van der Waals surface area contributed by atoms with Crippen LogP contribution >= 0.6 is 0 Å². The molecule has 1 heterocycles. The van der Waals surface area contributed by atoms with Gasteiger partial charge in [0.25, 0.3) is 0 Å². The molecule has 1 saturated heterocycles. The Bertz CT molecular complexity index is 517. The molecule has 2 rings (SSSR count). The molecule has 0 amide bonds. The van der Waals surface area contributed by atoms with Gasteiger partial charge in [0.1, 0.15) is 0 Å². The normalized spacial score (nSPS) is 23.8. The van der Waals surface area contributed by atoms with Crippen molar-refractivity contribution in [3.05, 3.63) is 24.3 Å². The van der Waals surface area contributed by atoms with E-state index in [1.807, 2.05) is 12.1 Å². The van der Waals surface area contributed by atoms with Crippen molar-refractivity contribution in [3.8, 4) is 0 Å². The minimum Gasteiger partial charge on any atom is -0.370 e. The zero-order valence-electron chi connectivity index (χ0n) is 11.3. The van der Waals surface area contributed by atoms with Crippen LogP contribution in [-0.2, 0) is 10.0 Å². The van der Waals surface area contributed by atoms with Crippen molar-refractivity contribution in [1.29, 1.82) is 0 Å².